The molecule has 1 aliphatic heterocycles. The van der Waals surface area contributed by atoms with E-state index in [0.717, 1.165) is 24.3 Å². The molecular weight excluding hydrogens is 378 g/mol. The fraction of sp³-hybridized carbons (Fsp3) is 0.292. The Labute approximate surface area is 176 Å². The van der Waals surface area contributed by atoms with Crippen molar-refractivity contribution in [3.8, 4) is 11.5 Å². The first kappa shape index (κ1) is 19.9. The minimum absolute atomic E-state index is 0.0653. The van der Waals surface area contributed by atoms with Gasteiger partial charge in [-0.1, -0.05) is 18.2 Å². The minimum Gasteiger partial charge on any atom is -0.441 e. The highest BCUT2D eigenvalue weighted by Crippen LogP contribution is 2.23. The summed E-state index contributed by atoms with van der Waals surface area (Å²) in [6.45, 7) is 6.27. The van der Waals surface area contributed by atoms with Crippen LogP contribution < -0.4 is 4.90 Å². The summed E-state index contributed by atoms with van der Waals surface area (Å²) in [4.78, 5) is 32.9. The zero-order chi connectivity index (χ0) is 21.1. The van der Waals surface area contributed by atoms with Gasteiger partial charge in [-0.25, -0.2) is 4.98 Å². The number of hydrogen-bond acceptors (Lipinski definition) is 5. The van der Waals surface area contributed by atoms with Crippen LogP contribution in [0.3, 0.4) is 0 Å². The topological polar surface area (TPSA) is 66.7 Å². The number of aromatic nitrogens is 1. The molecular formula is C24H25N3O3. The highest BCUT2D eigenvalue weighted by Gasteiger charge is 2.23. The van der Waals surface area contributed by atoms with Gasteiger partial charge in [-0.15, -0.1) is 0 Å². The van der Waals surface area contributed by atoms with Crippen LogP contribution in [0.5, 0.6) is 0 Å². The van der Waals surface area contributed by atoms with Crippen molar-refractivity contribution in [1.82, 2.24) is 9.88 Å². The van der Waals surface area contributed by atoms with E-state index in [2.05, 4.69) is 9.88 Å². The van der Waals surface area contributed by atoms with E-state index >= 15 is 0 Å². The number of aryl methyl sites for hydroxylation is 1. The standard InChI is InChI=1S/C24H25N3O3/c1-17(28)19-8-10-21(11-9-19)26-12-14-27(15-13-26)23(29)16-22-18(2)30-24(25-22)20-6-4-3-5-7-20/h3-11H,12-16H2,1-2H3. The van der Waals surface area contributed by atoms with Crippen molar-refractivity contribution in [2.45, 2.75) is 20.3 Å². The van der Waals surface area contributed by atoms with Gasteiger partial charge in [0.1, 0.15) is 5.76 Å². The van der Waals surface area contributed by atoms with Crippen molar-refractivity contribution in [3.63, 3.8) is 0 Å². The number of oxazole rings is 1. The highest BCUT2D eigenvalue weighted by molar-refractivity contribution is 5.94. The van der Waals surface area contributed by atoms with Crippen molar-refractivity contribution in [2.24, 2.45) is 0 Å². The van der Waals surface area contributed by atoms with Gasteiger partial charge in [-0.05, 0) is 50.2 Å². The summed E-state index contributed by atoms with van der Waals surface area (Å²) in [6.07, 6.45) is 0.246. The lowest BCUT2D eigenvalue weighted by Crippen LogP contribution is -2.49. The van der Waals surface area contributed by atoms with Crippen LogP contribution in [0.1, 0.15) is 28.7 Å². The summed E-state index contributed by atoms with van der Waals surface area (Å²) in [6, 6.07) is 17.4. The molecule has 2 heterocycles. The Morgan fingerprint density at radius 3 is 2.27 bits per heavy atom. The number of carbonyl (C=O) groups is 2. The lowest BCUT2D eigenvalue weighted by molar-refractivity contribution is -0.130. The molecule has 6 heteroatoms. The Morgan fingerprint density at radius 1 is 0.967 bits per heavy atom. The van der Waals surface area contributed by atoms with Gasteiger partial charge in [0.25, 0.3) is 0 Å². The molecule has 0 radical (unpaired) electrons. The molecule has 3 aromatic rings. The van der Waals surface area contributed by atoms with E-state index in [1.54, 1.807) is 6.92 Å². The van der Waals surface area contributed by atoms with Crippen LogP contribution in [0, 0.1) is 6.92 Å². The van der Waals surface area contributed by atoms with Crippen molar-refractivity contribution < 1.29 is 14.0 Å². The third kappa shape index (κ3) is 4.27. The molecule has 0 saturated carbocycles. The average Bonchev–Trinajstić information content (AvgIpc) is 3.14. The maximum absolute atomic E-state index is 12.8. The lowest BCUT2D eigenvalue weighted by atomic mass is 10.1. The number of anilines is 1. The van der Waals surface area contributed by atoms with Crippen molar-refractivity contribution >= 4 is 17.4 Å². The summed E-state index contributed by atoms with van der Waals surface area (Å²) in [7, 11) is 0. The number of rotatable bonds is 5. The average molecular weight is 403 g/mol. The molecule has 0 bridgehead atoms. The van der Waals surface area contributed by atoms with Crippen molar-refractivity contribution in [1.29, 1.82) is 0 Å². The number of piperazine rings is 1. The van der Waals surface area contributed by atoms with Crippen LogP contribution in [-0.4, -0.2) is 47.8 Å². The van der Waals surface area contributed by atoms with Gasteiger partial charge in [0.2, 0.25) is 11.8 Å². The fourth-order valence-electron chi connectivity index (χ4n) is 3.67. The van der Waals surface area contributed by atoms with E-state index < -0.39 is 0 Å². The number of benzene rings is 2. The Kier molecular flexibility index (Phi) is 5.65. The zero-order valence-corrected chi connectivity index (χ0v) is 17.3. The summed E-state index contributed by atoms with van der Waals surface area (Å²) in [5.74, 6) is 1.37. The minimum atomic E-state index is 0.0653. The van der Waals surface area contributed by atoms with E-state index in [4.69, 9.17) is 4.42 Å². The zero-order valence-electron chi connectivity index (χ0n) is 17.3. The third-order valence-corrected chi connectivity index (χ3v) is 5.50. The summed E-state index contributed by atoms with van der Waals surface area (Å²) in [5.41, 5.74) is 3.39. The Hall–Kier alpha value is -3.41. The van der Waals surface area contributed by atoms with Crippen LogP contribution >= 0.6 is 0 Å². The summed E-state index contributed by atoms with van der Waals surface area (Å²) in [5, 5.41) is 0. The molecule has 30 heavy (non-hydrogen) atoms. The fourth-order valence-corrected chi connectivity index (χ4v) is 3.67. The van der Waals surface area contributed by atoms with E-state index in [9.17, 15) is 9.59 Å². The van der Waals surface area contributed by atoms with E-state index in [-0.39, 0.29) is 18.1 Å². The predicted octanol–water partition coefficient (Wildman–Crippen LogP) is 3.74. The second kappa shape index (κ2) is 8.53. The molecule has 1 amide bonds. The van der Waals surface area contributed by atoms with Gasteiger partial charge in [0.15, 0.2) is 5.78 Å². The maximum atomic E-state index is 12.8. The second-order valence-corrected chi connectivity index (χ2v) is 7.54. The molecule has 1 fully saturated rings. The number of nitrogens with zero attached hydrogens (tertiary/aromatic N) is 3. The maximum Gasteiger partial charge on any atom is 0.228 e. The molecule has 6 nitrogen and oxygen atoms in total. The van der Waals surface area contributed by atoms with Gasteiger partial charge < -0.3 is 14.2 Å². The number of carbonyl (C=O) groups excluding carboxylic acids is 2. The van der Waals surface area contributed by atoms with Crippen molar-refractivity contribution in [3.05, 3.63) is 71.6 Å². The van der Waals surface area contributed by atoms with E-state index in [1.807, 2.05) is 66.4 Å². The molecule has 0 unspecified atom stereocenters. The normalized spacial score (nSPS) is 14.1. The number of hydrogen-bond donors (Lipinski definition) is 0. The van der Waals surface area contributed by atoms with Gasteiger partial charge >= 0.3 is 0 Å². The molecule has 1 aromatic heterocycles. The van der Waals surface area contributed by atoms with Gasteiger partial charge in [-0.2, -0.15) is 0 Å². The summed E-state index contributed by atoms with van der Waals surface area (Å²) < 4.78 is 5.78. The molecule has 0 N–H and O–H groups in total. The number of Topliss-reactive ketones (excluding diaryl/α,β-unsaturated/α-hetero) is 1. The third-order valence-electron chi connectivity index (χ3n) is 5.50. The van der Waals surface area contributed by atoms with Crippen LogP contribution in [0.25, 0.3) is 11.5 Å². The monoisotopic (exact) mass is 403 g/mol. The SMILES string of the molecule is CC(=O)c1ccc(N2CCN(C(=O)Cc3nc(-c4ccccc4)oc3C)CC2)cc1. The van der Waals surface area contributed by atoms with Crippen molar-refractivity contribution in [2.75, 3.05) is 31.1 Å². The molecule has 1 saturated heterocycles. The predicted molar refractivity (Wildman–Crippen MR) is 116 cm³/mol. The summed E-state index contributed by atoms with van der Waals surface area (Å²) >= 11 is 0. The first-order valence-corrected chi connectivity index (χ1v) is 10.2. The van der Waals surface area contributed by atoms with Crippen LogP contribution in [0.4, 0.5) is 5.69 Å². The second-order valence-electron chi connectivity index (χ2n) is 7.54. The Morgan fingerprint density at radius 2 is 1.63 bits per heavy atom. The smallest absolute Gasteiger partial charge is 0.228 e. The molecule has 4 rings (SSSR count). The molecule has 1 aliphatic rings. The Balaban J connectivity index is 1.36. The van der Waals surface area contributed by atoms with Crippen LogP contribution in [0.2, 0.25) is 0 Å². The van der Waals surface area contributed by atoms with Crippen LogP contribution in [-0.2, 0) is 11.2 Å². The quantitative estimate of drug-likeness (QED) is 0.607. The number of ketones is 1. The molecule has 0 atom stereocenters. The van der Waals surface area contributed by atoms with Gasteiger partial charge in [0.05, 0.1) is 12.1 Å². The first-order chi connectivity index (χ1) is 14.5. The Bertz CT molecular complexity index is 1030. The van der Waals surface area contributed by atoms with Crippen LogP contribution in [0.15, 0.2) is 59.0 Å². The first-order valence-electron chi connectivity index (χ1n) is 10.2. The molecule has 0 spiro atoms. The lowest BCUT2D eigenvalue weighted by Gasteiger charge is -2.36. The van der Waals surface area contributed by atoms with Gasteiger partial charge in [-0.3, -0.25) is 9.59 Å². The van der Waals surface area contributed by atoms with Gasteiger partial charge in [0, 0.05) is 43.0 Å². The number of amides is 1. The van der Waals surface area contributed by atoms with E-state index in [0.29, 0.717) is 36.0 Å². The van der Waals surface area contributed by atoms with E-state index in [1.165, 1.54) is 0 Å². The largest absolute Gasteiger partial charge is 0.441 e. The molecule has 154 valence electrons. The molecule has 2 aromatic carbocycles. The molecule has 0 aliphatic carbocycles. The highest BCUT2D eigenvalue weighted by atomic mass is 16.4.